The quantitative estimate of drug-likeness (QED) is 0.598. The van der Waals surface area contributed by atoms with Crippen molar-refractivity contribution in [1.82, 2.24) is 0 Å². The fourth-order valence-corrected chi connectivity index (χ4v) is 2.85. The van der Waals surface area contributed by atoms with Gasteiger partial charge >= 0.3 is 0 Å². The highest BCUT2D eigenvalue weighted by Gasteiger charge is 2.26. The standard InChI is InChI=1S/C21H21N3O3/c1-14(21(26)24-17-11-9-16(10-12-17)20(22)25)23-19(18-8-5-13-27-18)15-6-3-2-4-7-15/h2-14,19,23H,1H3,(H2,22,25)(H,24,26)/p+1/t14-,19+/m0/s1. The number of furan rings is 1. The van der Waals surface area contributed by atoms with Crippen molar-refractivity contribution in [2.24, 2.45) is 5.73 Å². The van der Waals surface area contributed by atoms with Crippen LogP contribution in [0, 0.1) is 0 Å². The van der Waals surface area contributed by atoms with Crippen LogP contribution in [0.3, 0.4) is 0 Å². The molecule has 0 aliphatic carbocycles. The van der Waals surface area contributed by atoms with Gasteiger partial charge in [0.25, 0.3) is 5.91 Å². The number of carbonyl (C=O) groups excluding carboxylic acids is 2. The van der Waals surface area contributed by atoms with Crippen LogP contribution in [0.4, 0.5) is 5.69 Å². The Kier molecular flexibility index (Phi) is 5.68. The molecule has 3 aromatic rings. The summed E-state index contributed by atoms with van der Waals surface area (Å²) in [5, 5.41) is 4.82. The molecular formula is C21H22N3O3+. The Morgan fingerprint density at radius 2 is 1.70 bits per heavy atom. The summed E-state index contributed by atoms with van der Waals surface area (Å²) in [5.74, 6) is 0.139. The highest BCUT2D eigenvalue weighted by atomic mass is 16.3. The Hall–Kier alpha value is -3.38. The Balaban J connectivity index is 1.70. The van der Waals surface area contributed by atoms with Crippen LogP contribution in [-0.4, -0.2) is 17.9 Å². The first-order valence-corrected chi connectivity index (χ1v) is 8.68. The largest absolute Gasteiger partial charge is 0.463 e. The molecule has 0 bridgehead atoms. The summed E-state index contributed by atoms with van der Waals surface area (Å²) in [5.41, 5.74) is 7.29. The number of nitrogens with two attached hydrogens (primary N) is 2. The van der Waals surface area contributed by atoms with Crippen LogP contribution in [0.5, 0.6) is 0 Å². The molecule has 0 saturated carbocycles. The maximum atomic E-state index is 12.6. The van der Waals surface area contributed by atoms with E-state index >= 15 is 0 Å². The lowest BCUT2D eigenvalue weighted by molar-refractivity contribution is -0.706. The first kappa shape index (κ1) is 18.4. The lowest BCUT2D eigenvalue weighted by atomic mass is 10.0. The van der Waals surface area contributed by atoms with Gasteiger partial charge in [-0.05, 0) is 43.3 Å². The monoisotopic (exact) mass is 364 g/mol. The van der Waals surface area contributed by atoms with Crippen molar-refractivity contribution in [1.29, 1.82) is 0 Å². The van der Waals surface area contributed by atoms with Gasteiger partial charge in [0.1, 0.15) is 0 Å². The highest BCUT2D eigenvalue weighted by Crippen LogP contribution is 2.18. The SMILES string of the molecule is C[C@H]([NH2+][C@H](c1ccccc1)c1ccco1)C(=O)Nc1ccc(C(N)=O)cc1. The molecule has 0 fully saturated rings. The molecule has 0 aliphatic heterocycles. The number of hydrogen-bond acceptors (Lipinski definition) is 3. The summed E-state index contributed by atoms with van der Waals surface area (Å²) in [6, 6.07) is 19.6. The zero-order valence-electron chi connectivity index (χ0n) is 15.0. The molecule has 1 aromatic heterocycles. The summed E-state index contributed by atoms with van der Waals surface area (Å²) in [6.07, 6.45) is 1.63. The average Bonchev–Trinajstić information content (AvgIpc) is 3.21. The number of anilines is 1. The van der Waals surface area contributed by atoms with E-state index in [4.69, 9.17) is 10.2 Å². The van der Waals surface area contributed by atoms with E-state index in [9.17, 15) is 9.59 Å². The summed E-state index contributed by atoms with van der Waals surface area (Å²) >= 11 is 0. The van der Waals surface area contributed by atoms with E-state index in [0.29, 0.717) is 11.3 Å². The van der Waals surface area contributed by atoms with Crippen molar-refractivity contribution in [3.8, 4) is 0 Å². The predicted molar refractivity (Wildman–Crippen MR) is 102 cm³/mol. The summed E-state index contributed by atoms with van der Waals surface area (Å²) in [4.78, 5) is 23.7. The first-order valence-electron chi connectivity index (χ1n) is 8.68. The van der Waals surface area contributed by atoms with E-state index < -0.39 is 5.91 Å². The van der Waals surface area contributed by atoms with Crippen molar-refractivity contribution in [2.75, 3.05) is 5.32 Å². The Bertz CT molecular complexity index is 890. The van der Waals surface area contributed by atoms with Gasteiger partial charge in [0.05, 0.1) is 6.26 Å². The lowest BCUT2D eigenvalue weighted by Gasteiger charge is -2.18. The number of amides is 2. The number of quaternary nitrogens is 1. The highest BCUT2D eigenvalue weighted by molar-refractivity contribution is 5.95. The van der Waals surface area contributed by atoms with Crippen molar-refractivity contribution in [3.63, 3.8) is 0 Å². The Labute approximate surface area is 157 Å². The Morgan fingerprint density at radius 3 is 2.30 bits per heavy atom. The van der Waals surface area contributed by atoms with Gasteiger partial charge in [-0.25, -0.2) is 0 Å². The molecule has 6 nitrogen and oxygen atoms in total. The van der Waals surface area contributed by atoms with Gasteiger partial charge in [-0.15, -0.1) is 0 Å². The number of benzene rings is 2. The molecule has 2 amide bonds. The van der Waals surface area contributed by atoms with Crippen LogP contribution in [0.2, 0.25) is 0 Å². The second kappa shape index (κ2) is 8.33. The van der Waals surface area contributed by atoms with E-state index in [1.165, 1.54) is 0 Å². The normalized spacial score (nSPS) is 12.9. The van der Waals surface area contributed by atoms with Gasteiger partial charge in [-0.1, -0.05) is 30.3 Å². The van der Waals surface area contributed by atoms with E-state index in [-0.39, 0.29) is 18.0 Å². The zero-order chi connectivity index (χ0) is 19.2. The zero-order valence-corrected chi connectivity index (χ0v) is 15.0. The van der Waals surface area contributed by atoms with Gasteiger partial charge in [0.2, 0.25) is 5.91 Å². The second-order valence-corrected chi connectivity index (χ2v) is 6.32. The van der Waals surface area contributed by atoms with Gasteiger partial charge in [-0.2, -0.15) is 0 Å². The number of rotatable bonds is 7. The van der Waals surface area contributed by atoms with Crippen molar-refractivity contribution in [2.45, 2.75) is 19.0 Å². The maximum absolute atomic E-state index is 12.6. The fraction of sp³-hybridized carbons (Fsp3) is 0.143. The molecule has 0 aliphatic rings. The van der Waals surface area contributed by atoms with Crippen LogP contribution >= 0.6 is 0 Å². The molecule has 5 N–H and O–H groups in total. The minimum absolute atomic E-state index is 0.126. The second-order valence-electron chi connectivity index (χ2n) is 6.32. The summed E-state index contributed by atoms with van der Waals surface area (Å²) < 4.78 is 5.58. The van der Waals surface area contributed by atoms with Crippen LogP contribution in [0.1, 0.15) is 34.6 Å². The molecule has 0 unspecified atom stereocenters. The van der Waals surface area contributed by atoms with Crippen LogP contribution in [0.25, 0.3) is 0 Å². The van der Waals surface area contributed by atoms with Crippen molar-refractivity contribution >= 4 is 17.5 Å². The molecule has 0 spiro atoms. The number of carbonyl (C=O) groups is 2. The molecule has 27 heavy (non-hydrogen) atoms. The lowest BCUT2D eigenvalue weighted by Crippen LogP contribution is -2.92. The molecule has 3 rings (SSSR count). The van der Waals surface area contributed by atoms with Crippen LogP contribution in [-0.2, 0) is 4.79 Å². The molecule has 6 heteroatoms. The smallest absolute Gasteiger partial charge is 0.282 e. The molecule has 138 valence electrons. The average molecular weight is 364 g/mol. The molecule has 2 aromatic carbocycles. The molecular weight excluding hydrogens is 342 g/mol. The molecule has 1 heterocycles. The van der Waals surface area contributed by atoms with Gasteiger partial charge in [0.15, 0.2) is 17.8 Å². The molecule has 0 saturated heterocycles. The maximum Gasteiger partial charge on any atom is 0.282 e. The third-order valence-corrected chi connectivity index (χ3v) is 4.34. The molecule has 2 atom stereocenters. The summed E-state index contributed by atoms with van der Waals surface area (Å²) in [6.45, 7) is 1.84. The summed E-state index contributed by atoms with van der Waals surface area (Å²) in [7, 11) is 0. The minimum atomic E-state index is -0.501. The van der Waals surface area contributed by atoms with Crippen LogP contribution < -0.4 is 16.4 Å². The van der Waals surface area contributed by atoms with Gasteiger partial charge in [-0.3, -0.25) is 9.59 Å². The third kappa shape index (κ3) is 4.62. The van der Waals surface area contributed by atoms with Crippen molar-refractivity contribution in [3.05, 3.63) is 89.9 Å². The van der Waals surface area contributed by atoms with Gasteiger partial charge in [0, 0.05) is 16.8 Å². The van der Waals surface area contributed by atoms with Crippen LogP contribution in [0.15, 0.2) is 77.4 Å². The first-order chi connectivity index (χ1) is 13.0. The number of primary amides is 1. The van der Waals surface area contributed by atoms with E-state index in [1.54, 1.807) is 30.5 Å². The number of nitrogens with one attached hydrogen (secondary N) is 1. The number of hydrogen-bond donors (Lipinski definition) is 3. The topological polar surface area (TPSA) is 102 Å². The predicted octanol–water partition coefficient (Wildman–Crippen LogP) is 2.06. The third-order valence-electron chi connectivity index (χ3n) is 4.34. The van der Waals surface area contributed by atoms with Crippen molar-refractivity contribution < 1.29 is 19.3 Å². The Morgan fingerprint density at radius 1 is 1.00 bits per heavy atom. The fourth-order valence-electron chi connectivity index (χ4n) is 2.85. The van der Waals surface area contributed by atoms with E-state index in [0.717, 1.165) is 11.3 Å². The van der Waals surface area contributed by atoms with Gasteiger partial charge < -0.3 is 20.8 Å². The molecule has 0 radical (unpaired) electrons. The van der Waals surface area contributed by atoms with E-state index in [1.807, 2.05) is 54.7 Å². The minimum Gasteiger partial charge on any atom is -0.463 e. The van der Waals surface area contributed by atoms with E-state index in [2.05, 4.69) is 5.32 Å².